The minimum atomic E-state index is -0.169. The van der Waals surface area contributed by atoms with Crippen LogP contribution in [0.4, 0.5) is 16.4 Å². The van der Waals surface area contributed by atoms with Crippen LogP contribution in [0.25, 0.3) is 10.9 Å². The quantitative estimate of drug-likeness (QED) is 0.613. The summed E-state index contributed by atoms with van der Waals surface area (Å²) in [6.07, 6.45) is 5.66. The largest absolute Gasteiger partial charge is 0.347 e. The number of aromatic nitrogens is 3. The number of piperazine rings is 1. The van der Waals surface area contributed by atoms with Crippen molar-refractivity contribution in [3.05, 3.63) is 48.9 Å². The lowest BCUT2D eigenvalue weighted by atomic mass is 10.2. The fourth-order valence-electron chi connectivity index (χ4n) is 3.96. The number of nitrogens with one attached hydrogen (secondary N) is 2. The van der Waals surface area contributed by atoms with Crippen molar-refractivity contribution in [3.8, 4) is 0 Å². The molecule has 1 aliphatic rings. The zero-order valence-corrected chi connectivity index (χ0v) is 18.3. The number of carbonyl (C=O) groups is 1. The van der Waals surface area contributed by atoms with Crippen molar-refractivity contribution in [1.29, 1.82) is 0 Å². The maximum atomic E-state index is 12.3. The summed E-state index contributed by atoms with van der Waals surface area (Å²) in [5.41, 5.74) is 2.00. The van der Waals surface area contributed by atoms with E-state index in [-0.39, 0.29) is 6.03 Å². The smallest absolute Gasteiger partial charge is 0.319 e. The van der Waals surface area contributed by atoms with Crippen LogP contribution >= 0.6 is 0 Å². The van der Waals surface area contributed by atoms with Gasteiger partial charge in [-0.2, -0.15) is 0 Å². The summed E-state index contributed by atoms with van der Waals surface area (Å²) in [7, 11) is 0. The van der Waals surface area contributed by atoms with Crippen LogP contribution in [-0.2, 0) is 6.54 Å². The predicted octanol–water partition coefficient (Wildman–Crippen LogP) is 3.03. The third kappa shape index (κ3) is 5.52. The number of fused-ring (bicyclic) bond motifs is 1. The molecular formula is C23H31N7O. The topological polar surface area (TPSA) is 78.3 Å². The van der Waals surface area contributed by atoms with E-state index in [0.29, 0.717) is 12.5 Å². The van der Waals surface area contributed by atoms with Gasteiger partial charge in [0.25, 0.3) is 0 Å². The molecule has 8 nitrogen and oxygen atoms in total. The summed E-state index contributed by atoms with van der Waals surface area (Å²) in [4.78, 5) is 25.5. The third-order valence-corrected chi connectivity index (χ3v) is 5.51. The average Bonchev–Trinajstić information content (AvgIpc) is 3.16. The van der Waals surface area contributed by atoms with Gasteiger partial charge in [-0.15, -0.1) is 0 Å². The highest BCUT2D eigenvalue weighted by Gasteiger charge is 2.18. The van der Waals surface area contributed by atoms with E-state index in [2.05, 4.69) is 67.1 Å². The number of rotatable bonds is 7. The lowest BCUT2D eigenvalue weighted by Crippen LogP contribution is -2.49. The van der Waals surface area contributed by atoms with Crippen LogP contribution in [0.1, 0.15) is 13.8 Å². The second-order valence-corrected chi connectivity index (χ2v) is 8.39. The lowest BCUT2D eigenvalue weighted by Gasteiger charge is -2.34. The number of benzene rings is 1. The van der Waals surface area contributed by atoms with E-state index in [1.54, 1.807) is 12.4 Å². The van der Waals surface area contributed by atoms with E-state index in [1.165, 1.54) is 5.52 Å². The van der Waals surface area contributed by atoms with Gasteiger partial charge in [0.1, 0.15) is 0 Å². The maximum absolute atomic E-state index is 12.3. The Balaban J connectivity index is 1.20. The molecule has 2 aromatic heterocycles. The van der Waals surface area contributed by atoms with Gasteiger partial charge in [-0.25, -0.2) is 14.8 Å². The van der Waals surface area contributed by atoms with Crippen molar-refractivity contribution in [2.45, 2.75) is 20.4 Å². The summed E-state index contributed by atoms with van der Waals surface area (Å²) >= 11 is 0. The molecule has 0 saturated carbocycles. The van der Waals surface area contributed by atoms with Crippen molar-refractivity contribution in [3.63, 3.8) is 0 Å². The third-order valence-electron chi connectivity index (χ3n) is 5.51. The first-order chi connectivity index (χ1) is 15.1. The Labute approximate surface area is 183 Å². The fraction of sp³-hybridized carbons (Fsp3) is 0.435. The van der Waals surface area contributed by atoms with Crippen LogP contribution in [0.2, 0.25) is 0 Å². The predicted molar refractivity (Wildman–Crippen MR) is 124 cm³/mol. The number of urea groups is 1. The first-order valence-electron chi connectivity index (χ1n) is 11.0. The molecule has 4 rings (SSSR count). The minimum absolute atomic E-state index is 0.169. The second kappa shape index (κ2) is 9.78. The van der Waals surface area contributed by atoms with E-state index in [1.807, 2.05) is 18.2 Å². The summed E-state index contributed by atoms with van der Waals surface area (Å²) in [6.45, 7) is 10.5. The van der Waals surface area contributed by atoms with Crippen LogP contribution in [0, 0.1) is 5.92 Å². The Kier molecular flexibility index (Phi) is 6.66. The molecule has 1 aliphatic heterocycles. The van der Waals surface area contributed by atoms with Crippen molar-refractivity contribution >= 4 is 28.6 Å². The Morgan fingerprint density at radius 2 is 1.87 bits per heavy atom. The van der Waals surface area contributed by atoms with E-state index in [9.17, 15) is 4.79 Å². The lowest BCUT2D eigenvalue weighted by molar-refractivity contribution is 0.240. The number of amides is 2. The molecule has 0 radical (unpaired) electrons. The molecule has 164 valence electrons. The normalized spacial score (nSPS) is 14.9. The Morgan fingerprint density at radius 3 is 2.61 bits per heavy atom. The van der Waals surface area contributed by atoms with Crippen LogP contribution < -0.4 is 15.5 Å². The van der Waals surface area contributed by atoms with Gasteiger partial charge in [0, 0.05) is 81.0 Å². The molecular weight excluding hydrogens is 390 g/mol. The fourth-order valence-corrected chi connectivity index (χ4v) is 3.96. The van der Waals surface area contributed by atoms with E-state index in [0.717, 1.165) is 56.3 Å². The standard InChI is InChI=1S/C23H31N7O/c1-18(2)17-30-10-6-19-16-20(4-5-21(19)30)27-23(31)26-9-11-28-12-14-29(15-13-28)22-24-7-3-8-25-22/h3-8,10,16,18H,9,11-15,17H2,1-2H3,(H2,26,27,31). The first-order valence-corrected chi connectivity index (χ1v) is 11.0. The van der Waals surface area contributed by atoms with Gasteiger partial charge in [0.2, 0.25) is 5.95 Å². The molecule has 3 heterocycles. The number of anilines is 2. The van der Waals surface area contributed by atoms with E-state index in [4.69, 9.17) is 0 Å². The highest BCUT2D eigenvalue weighted by molar-refractivity contribution is 5.92. The summed E-state index contributed by atoms with van der Waals surface area (Å²) < 4.78 is 2.26. The molecule has 1 saturated heterocycles. The van der Waals surface area contributed by atoms with Gasteiger partial charge < -0.3 is 20.1 Å². The van der Waals surface area contributed by atoms with Crippen LogP contribution in [-0.4, -0.2) is 64.7 Å². The van der Waals surface area contributed by atoms with Gasteiger partial charge in [-0.3, -0.25) is 4.90 Å². The molecule has 0 unspecified atom stereocenters. The zero-order chi connectivity index (χ0) is 21.6. The van der Waals surface area contributed by atoms with Crippen LogP contribution in [0.15, 0.2) is 48.9 Å². The van der Waals surface area contributed by atoms with Crippen molar-refractivity contribution in [1.82, 2.24) is 24.8 Å². The molecule has 31 heavy (non-hydrogen) atoms. The monoisotopic (exact) mass is 421 g/mol. The first kappa shape index (κ1) is 21.1. The molecule has 0 atom stereocenters. The Morgan fingerprint density at radius 1 is 1.10 bits per heavy atom. The van der Waals surface area contributed by atoms with Gasteiger partial charge in [-0.05, 0) is 36.2 Å². The molecule has 1 fully saturated rings. The average molecular weight is 422 g/mol. The van der Waals surface area contributed by atoms with Gasteiger partial charge in [0.05, 0.1) is 0 Å². The SMILES string of the molecule is CC(C)Cn1ccc2cc(NC(=O)NCCN3CCN(c4ncccn4)CC3)ccc21. The Hall–Kier alpha value is -3.13. The van der Waals surface area contributed by atoms with Gasteiger partial charge in [0.15, 0.2) is 0 Å². The summed E-state index contributed by atoms with van der Waals surface area (Å²) in [5, 5.41) is 7.05. The molecule has 2 N–H and O–H groups in total. The molecule has 1 aromatic carbocycles. The van der Waals surface area contributed by atoms with Crippen LogP contribution in [0.5, 0.6) is 0 Å². The number of hydrogen-bond donors (Lipinski definition) is 2. The second-order valence-electron chi connectivity index (χ2n) is 8.39. The van der Waals surface area contributed by atoms with E-state index >= 15 is 0 Å². The van der Waals surface area contributed by atoms with E-state index < -0.39 is 0 Å². The van der Waals surface area contributed by atoms with Crippen LogP contribution in [0.3, 0.4) is 0 Å². The summed E-state index contributed by atoms with van der Waals surface area (Å²) in [6, 6.07) is 9.82. The van der Waals surface area contributed by atoms with Crippen molar-refractivity contribution in [2.75, 3.05) is 49.5 Å². The number of carbonyl (C=O) groups excluding carboxylic acids is 1. The molecule has 0 aliphatic carbocycles. The number of nitrogens with zero attached hydrogens (tertiary/aromatic N) is 5. The molecule has 3 aromatic rings. The molecule has 0 spiro atoms. The Bertz CT molecular complexity index is 994. The number of hydrogen-bond acceptors (Lipinski definition) is 5. The highest BCUT2D eigenvalue weighted by atomic mass is 16.2. The molecule has 2 amide bonds. The zero-order valence-electron chi connectivity index (χ0n) is 18.3. The van der Waals surface area contributed by atoms with Crippen molar-refractivity contribution < 1.29 is 4.79 Å². The van der Waals surface area contributed by atoms with Gasteiger partial charge >= 0.3 is 6.03 Å². The minimum Gasteiger partial charge on any atom is -0.347 e. The highest BCUT2D eigenvalue weighted by Crippen LogP contribution is 2.21. The van der Waals surface area contributed by atoms with Gasteiger partial charge in [-0.1, -0.05) is 13.8 Å². The van der Waals surface area contributed by atoms with Crippen molar-refractivity contribution in [2.24, 2.45) is 5.92 Å². The molecule has 0 bridgehead atoms. The summed E-state index contributed by atoms with van der Waals surface area (Å²) in [5.74, 6) is 1.38. The maximum Gasteiger partial charge on any atom is 0.319 e. The molecule has 8 heteroatoms.